The Morgan fingerprint density at radius 3 is 2.88 bits per heavy atom. The van der Waals surface area contributed by atoms with E-state index >= 15 is 0 Å². The van der Waals surface area contributed by atoms with Crippen LogP contribution in [0.3, 0.4) is 0 Å². The van der Waals surface area contributed by atoms with Crippen LogP contribution in [0.4, 0.5) is 0 Å². The Balaban J connectivity index is 2.37. The molecule has 1 aliphatic rings. The lowest BCUT2D eigenvalue weighted by Gasteiger charge is -2.00. The first-order chi connectivity index (χ1) is 7.56. The van der Waals surface area contributed by atoms with Crippen LogP contribution in [-0.4, -0.2) is 16.2 Å². The number of nitrogens with zero attached hydrogens (tertiary/aromatic N) is 1. The molecule has 0 saturated carbocycles. The fourth-order valence-electron chi connectivity index (χ4n) is 1.21. The van der Waals surface area contributed by atoms with E-state index < -0.39 is 0 Å². The third-order valence-corrected chi connectivity index (χ3v) is 3.40. The van der Waals surface area contributed by atoms with Gasteiger partial charge in [-0.2, -0.15) is 4.99 Å². The van der Waals surface area contributed by atoms with Crippen molar-refractivity contribution in [1.82, 2.24) is 0 Å². The average Bonchev–Trinajstić information content (AvgIpc) is 2.51. The van der Waals surface area contributed by atoms with Crippen molar-refractivity contribution in [2.75, 3.05) is 0 Å². The molecule has 3 N–H and O–H groups in total. The van der Waals surface area contributed by atoms with Gasteiger partial charge in [0.15, 0.2) is 5.17 Å². The number of phenols is 1. The Bertz CT molecular complexity index is 526. The standard InChI is InChI=1S/C10H7IN2O2S/c11-6-1-2-7(14)5(3-6)4-8-9(15)13-10(12)16-8/h1-4,14H,(H2,12,13,15). The molecule has 4 nitrogen and oxygen atoms in total. The molecule has 0 bridgehead atoms. The summed E-state index contributed by atoms with van der Waals surface area (Å²) < 4.78 is 0.978. The molecule has 0 aliphatic carbocycles. The Labute approximate surface area is 110 Å². The largest absolute Gasteiger partial charge is 0.507 e. The van der Waals surface area contributed by atoms with E-state index in [0.717, 1.165) is 15.3 Å². The molecule has 1 aliphatic heterocycles. The van der Waals surface area contributed by atoms with Crippen LogP contribution < -0.4 is 5.73 Å². The fraction of sp³-hybridized carbons (Fsp3) is 0. The predicted octanol–water partition coefficient (Wildman–Crippen LogP) is 1.93. The number of hydrogen-bond acceptors (Lipinski definition) is 4. The van der Waals surface area contributed by atoms with Crippen molar-refractivity contribution in [3.8, 4) is 5.75 Å². The molecule has 0 saturated heterocycles. The zero-order chi connectivity index (χ0) is 11.7. The third kappa shape index (κ3) is 2.38. The summed E-state index contributed by atoms with van der Waals surface area (Å²) in [7, 11) is 0. The van der Waals surface area contributed by atoms with Gasteiger partial charge in [0, 0.05) is 9.13 Å². The second-order valence-electron chi connectivity index (χ2n) is 3.07. The summed E-state index contributed by atoms with van der Waals surface area (Å²) in [6.07, 6.45) is 1.59. The van der Waals surface area contributed by atoms with E-state index in [1.165, 1.54) is 0 Å². The molecule has 6 heteroatoms. The molecular weight excluding hydrogens is 339 g/mol. The normalized spacial score (nSPS) is 17.9. The van der Waals surface area contributed by atoms with Gasteiger partial charge >= 0.3 is 0 Å². The number of thioether (sulfide) groups is 1. The van der Waals surface area contributed by atoms with E-state index in [2.05, 4.69) is 27.6 Å². The van der Waals surface area contributed by atoms with Gasteiger partial charge < -0.3 is 10.8 Å². The van der Waals surface area contributed by atoms with Crippen molar-refractivity contribution in [3.05, 3.63) is 32.2 Å². The summed E-state index contributed by atoms with van der Waals surface area (Å²) in [5.41, 5.74) is 6.01. The molecule has 1 aromatic rings. The van der Waals surface area contributed by atoms with Crippen LogP contribution in [0.5, 0.6) is 5.75 Å². The molecule has 0 fully saturated rings. The summed E-state index contributed by atoms with van der Waals surface area (Å²) in [6.45, 7) is 0. The lowest BCUT2D eigenvalue weighted by atomic mass is 10.2. The van der Waals surface area contributed by atoms with E-state index in [0.29, 0.717) is 10.5 Å². The summed E-state index contributed by atoms with van der Waals surface area (Å²) in [4.78, 5) is 15.4. The van der Waals surface area contributed by atoms with Crippen molar-refractivity contribution in [1.29, 1.82) is 0 Å². The minimum atomic E-state index is -0.360. The second-order valence-corrected chi connectivity index (χ2v) is 5.38. The molecule has 0 spiro atoms. The van der Waals surface area contributed by atoms with Gasteiger partial charge in [-0.05, 0) is 58.6 Å². The predicted molar refractivity (Wildman–Crippen MR) is 73.0 cm³/mol. The first-order valence-corrected chi connectivity index (χ1v) is 6.22. The maximum Gasteiger partial charge on any atom is 0.286 e. The highest BCUT2D eigenvalue weighted by atomic mass is 127. The van der Waals surface area contributed by atoms with Gasteiger partial charge in [-0.1, -0.05) is 0 Å². The van der Waals surface area contributed by atoms with Crippen LogP contribution in [0.1, 0.15) is 5.56 Å². The van der Waals surface area contributed by atoms with Crippen molar-refractivity contribution >= 4 is 51.5 Å². The summed E-state index contributed by atoms with van der Waals surface area (Å²) in [5, 5.41) is 9.85. The number of nitrogens with two attached hydrogens (primary N) is 1. The zero-order valence-electron chi connectivity index (χ0n) is 7.98. The number of aromatic hydroxyl groups is 1. The summed E-state index contributed by atoms with van der Waals surface area (Å²) in [5.74, 6) is -0.229. The number of amidine groups is 1. The molecule has 0 radical (unpaired) electrons. The van der Waals surface area contributed by atoms with Gasteiger partial charge in [0.2, 0.25) is 0 Å². The van der Waals surface area contributed by atoms with E-state index in [4.69, 9.17) is 5.73 Å². The molecular formula is C10H7IN2O2S. The summed E-state index contributed by atoms with van der Waals surface area (Å²) in [6, 6.07) is 5.15. The Kier molecular flexibility index (Phi) is 3.20. The lowest BCUT2D eigenvalue weighted by molar-refractivity contribution is -0.113. The van der Waals surface area contributed by atoms with Gasteiger partial charge in [0.25, 0.3) is 5.91 Å². The number of halogens is 1. The van der Waals surface area contributed by atoms with Crippen LogP contribution in [-0.2, 0) is 4.79 Å². The number of rotatable bonds is 1. The van der Waals surface area contributed by atoms with Gasteiger partial charge in [-0.25, -0.2) is 0 Å². The van der Waals surface area contributed by atoms with Gasteiger partial charge in [-0.3, -0.25) is 4.79 Å². The van der Waals surface area contributed by atoms with Crippen molar-refractivity contribution in [3.63, 3.8) is 0 Å². The minimum absolute atomic E-state index is 0.131. The maximum atomic E-state index is 11.3. The van der Waals surface area contributed by atoms with Gasteiger partial charge in [-0.15, -0.1) is 0 Å². The SMILES string of the molecule is NC1=NC(=O)C(=Cc2cc(I)ccc2O)S1. The number of carbonyl (C=O) groups is 1. The zero-order valence-corrected chi connectivity index (χ0v) is 10.9. The number of aliphatic imine (C=N–C) groups is 1. The van der Waals surface area contributed by atoms with Crippen molar-refractivity contribution in [2.24, 2.45) is 10.7 Å². The van der Waals surface area contributed by atoms with E-state index in [9.17, 15) is 9.90 Å². The highest BCUT2D eigenvalue weighted by molar-refractivity contribution is 14.1. The Hall–Kier alpha value is -1.02. The number of hydrogen-bond donors (Lipinski definition) is 2. The highest BCUT2D eigenvalue weighted by Crippen LogP contribution is 2.29. The smallest absolute Gasteiger partial charge is 0.286 e. The van der Waals surface area contributed by atoms with Crippen LogP contribution in [0.2, 0.25) is 0 Å². The van der Waals surface area contributed by atoms with Gasteiger partial charge in [0.05, 0.1) is 4.91 Å². The van der Waals surface area contributed by atoms with Crippen LogP contribution in [0.25, 0.3) is 6.08 Å². The van der Waals surface area contributed by atoms with Crippen LogP contribution in [0, 0.1) is 3.57 Å². The molecule has 82 valence electrons. The van der Waals surface area contributed by atoms with E-state index in [-0.39, 0.29) is 16.8 Å². The molecule has 0 unspecified atom stereocenters. The topological polar surface area (TPSA) is 75.7 Å². The molecule has 16 heavy (non-hydrogen) atoms. The van der Waals surface area contributed by atoms with Crippen molar-refractivity contribution in [2.45, 2.75) is 0 Å². The average molecular weight is 346 g/mol. The number of amides is 1. The molecule has 0 aromatic heterocycles. The third-order valence-electron chi connectivity index (χ3n) is 1.91. The molecule has 0 atom stereocenters. The molecule has 2 rings (SSSR count). The lowest BCUT2D eigenvalue weighted by Crippen LogP contribution is -2.01. The highest BCUT2D eigenvalue weighted by Gasteiger charge is 2.19. The summed E-state index contributed by atoms with van der Waals surface area (Å²) >= 11 is 3.24. The van der Waals surface area contributed by atoms with Crippen molar-refractivity contribution < 1.29 is 9.90 Å². The minimum Gasteiger partial charge on any atom is -0.507 e. The monoisotopic (exact) mass is 346 g/mol. The Morgan fingerprint density at radius 1 is 1.50 bits per heavy atom. The van der Waals surface area contributed by atoms with Gasteiger partial charge in [0.1, 0.15) is 5.75 Å². The number of phenolic OH excluding ortho intramolecular Hbond substituents is 1. The fourth-order valence-corrected chi connectivity index (χ4v) is 2.40. The maximum absolute atomic E-state index is 11.3. The molecule has 1 amide bonds. The number of benzene rings is 1. The quantitative estimate of drug-likeness (QED) is 0.602. The second kappa shape index (κ2) is 4.46. The first kappa shape index (κ1) is 11.5. The molecule has 1 aromatic carbocycles. The first-order valence-electron chi connectivity index (χ1n) is 4.33. The van der Waals surface area contributed by atoms with Crippen LogP contribution >= 0.6 is 34.4 Å². The number of carbonyl (C=O) groups excluding carboxylic acids is 1. The van der Waals surface area contributed by atoms with Crippen LogP contribution in [0.15, 0.2) is 28.1 Å². The molecule has 1 heterocycles. The van der Waals surface area contributed by atoms with E-state index in [1.807, 2.05) is 0 Å². The van der Waals surface area contributed by atoms with E-state index in [1.54, 1.807) is 24.3 Å². The Morgan fingerprint density at radius 2 is 2.25 bits per heavy atom.